The number of nitrogen functional groups attached to an aromatic ring is 1. The van der Waals surface area contributed by atoms with Gasteiger partial charge in [-0.25, -0.2) is 4.79 Å². The molecule has 0 atom stereocenters. The quantitative estimate of drug-likeness (QED) is 0.786. The van der Waals surface area contributed by atoms with E-state index in [1.807, 2.05) is 31.2 Å². The van der Waals surface area contributed by atoms with Gasteiger partial charge in [0.15, 0.2) is 6.61 Å². The van der Waals surface area contributed by atoms with Gasteiger partial charge in [-0.1, -0.05) is 35.3 Å². The molecular weight excluding hydrogens is 341 g/mol. The molecule has 124 valence electrons. The van der Waals surface area contributed by atoms with Crippen LogP contribution in [-0.2, 0) is 4.79 Å². The predicted octanol–water partition coefficient (Wildman–Crippen LogP) is 4.12. The Kier molecular flexibility index (Phi) is 8.08. The molecule has 0 aliphatic rings. The molecule has 0 amide bonds. The Morgan fingerprint density at radius 3 is 2.39 bits per heavy atom. The third kappa shape index (κ3) is 7.13. The van der Waals surface area contributed by atoms with Crippen LogP contribution in [0.4, 0.5) is 5.69 Å². The van der Waals surface area contributed by atoms with E-state index in [0.29, 0.717) is 28.1 Å². The molecule has 0 fully saturated rings. The molecule has 0 saturated heterocycles. The largest absolute Gasteiger partial charge is 0.492 e. The minimum atomic E-state index is -1.05. The van der Waals surface area contributed by atoms with Crippen molar-refractivity contribution in [1.29, 1.82) is 0 Å². The van der Waals surface area contributed by atoms with Crippen LogP contribution in [0.1, 0.15) is 6.92 Å². The van der Waals surface area contributed by atoms with Crippen LogP contribution < -0.4 is 15.2 Å². The lowest BCUT2D eigenvalue weighted by atomic mass is 10.3. The van der Waals surface area contributed by atoms with E-state index in [1.54, 1.807) is 6.07 Å². The Hall–Kier alpha value is -2.11. The lowest BCUT2D eigenvalue weighted by Gasteiger charge is -2.04. The number of para-hydroxylation sites is 2. The number of carboxylic acids is 1. The van der Waals surface area contributed by atoms with Gasteiger partial charge in [0.1, 0.15) is 11.5 Å². The van der Waals surface area contributed by atoms with Gasteiger partial charge in [0.2, 0.25) is 0 Å². The average molecular weight is 358 g/mol. The second-order valence-electron chi connectivity index (χ2n) is 4.23. The first kappa shape index (κ1) is 18.9. The Balaban J connectivity index is 0.000000238. The number of benzene rings is 2. The van der Waals surface area contributed by atoms with E-state index < -0.39 is 12.6 Å². The molecule has 0 spiro atoms. The summed E-state index contributed by atoms with van der Waals surface area (Å²) in [4.78, 5) is 10.2. The summed E-state index contributed by atoms with van der Waals surface area (Å²) in [6.07, 6.45) is 0. The smallest absolute Gasteiger partial charge is 0.341 e. The second-order valence-corrected chi connectivity index (χ2v) is 5.07. The third-order valence-corrected chi connectivity index (χ3v) is 2.99. The Bertz CT molecular complexity index is 650. The van der Waals surface area contributed by atoms with Gasteiger partial charge < -0.3 is 20.3 Å². The van der Waals surface area contributed by atoms with Gasteiger partial charge in [-0.2, -0.15) is 0 Å². The van der Waals surface area contributed by atoms with Crippen molar-refractivity contribution in [2.24, 2.45) is 0 Å². The number of rotatable bonds is 5. The summed E-state index contributed by atoms with van der Waals surface area (Å²) in [5, 5.41) is 9.11. The van der Waals surface area contributed by atoms with E-state index in [1.165, 1.54) is 12.1 Å². The molecule has 0 unspecified atom stereocenters. The molecule has 0 saturated carbocycles. The number of ether oxygens (including phenoxy) is 2. The summed E-state index contributed by atoms with van der Waals surface area (Å²) >= 11 is 11.3. The summed E-state index contributed by atoms with van der Waals surface area (Å²) in [5.41, 5.74) is 6.28. The zero-order valence-electron chi connectivity index (χ0n) is 12.5. The number of halogens is 2. The number of carbonyl (C=O) groups is 1. The van der Waals surface area contributed by atoms with Gasteiger partial charge in [0.05, 0.1) is 17.3 Å². The van der Waals surface area contributed by atoms with Crippen LogP contribution in [-0.4, -0.2) is 24.3 Å². The van der Waals surface area contributed by atoms with Gasteiger partial charge in [-0.05, 0) is 37.3 Å². The van der Waals surface area contributed by atoms with Crippen molar-refractivity contribution in [2.45, 2.75) is 6.92 Å². The van der Waals surface area contributed by atoms with Crippen LogP contribution in [0, 0.1) is 0 Å². The summed E-state index contributed by atoms with van der Waals surface area (Å²) in [5.74, 6) is 0.0319. The molecule has 3 N–H and O–H groups in total. The monoisotopic (exact) mass is 357 g/mol. The number of aliphatic carboxylic acids is 1. The van der Waals surface area contributed by atoms with Gasteiger partial charge >= 0.3 is 5.97 Å². The predicted molar refractivity (Wildman–Crippen MR) is 91.6 cm³/mol. The number of anilines is 1. The highest BCUT2D eigenvalue weighted by Gasteiger charge is 2.04. The van der Waals surface area contributed by atoms with E-state index >= 15 is 0 Å². The summed E-state index contributed by atoms with van der Waals surface area (Å²) in [6.45, 7) is 2.18. The Morgan fingerprint density at radius 2 is 1.83 bits per heavy atom. The molecular formula is C16H17Cl2NO4. The molecule has 0 aromatic heterocycles. The maximum atomic E-state index is 10.2. The number of hydrogen-bond acceptors (Lipinski definition) is 4. The highest BCUT2D eigenvalue weighted by atomic mass is 35.5. The van der Waals surface area contributed by atoms with Crippen LogP contribution in [0.5, 0.6) is 11.5 Å². The molecule has 0 aliphatic carbocycles. The zero-order valence-corrected chi connectivity index (χ0v) is 14.0. The molecule has 2 aromatic rings. The summed E-state index contributed by atoms with van der Waals surface area (Å²) < 4.78 is 10.1. The fourth-order valence-electron chi connectivity index (χ4n) is 1.50. The molecule has 5 nitrogen and oxygen atoms in total. The maximum Gasteiger partial charge on any atom is 0.341 e. The first-order chi connectivity index (χ1) is 10.9. The fraction of sp³-hybridized carbons (Fsp3) is 0.188. The van der Waals surface area contributed by atoms with Crippen molar-refractivity contribution in [3.05, 3.63) is 52.5 Å². The average Bonchev–Trinajstić information content (AvgIpc) is 2.49. The van der Waals surface area contributed by atoms with Gasteiger partial charge in [-0.15, -0.1) is 0 Å². The molecule has 0 aliphatic heterocycles. The zero-order chi connectivity index (χ0) is 17.2. The molecule has 2 rings (SSSR count). The van der Waals surface area contributed by atoms with Crippen LogP contribution in [0.15, 0.2) is 42.5 Å². The second kappa shape index (κ2) is 9.82. The topological polar surface area (TPSA) is 81.8 Å². The maximum absolute atomic E-state index is 10.2. The number of hydrogen-bond donors (Lipinski definition) is 2. The van der Waals surface area contributed by atoms with E-state index in [-0.39, 0.29) is 0 Å². The summed E-state index contributed by atoms with van der Waals surface area (Å²) in [6, 6.07) is 12.1. The van der Waals surface area contributed by atoms with Crippen molar-refractivity contribution in [1.82, 2.24) is 0 Å². The van der Waals surface area contributed by atoms with E-state index in [2.05, 4.69) is 0 Å². The molecule has 0 bridgehead atoms. The molecule has 0 heterocycles. The number of carboxylic acid groups (broad SMARTS) is 1. The normalized spacial score (nSPS) is 9.52. The number of nitrogens with two attached hydrogens (primary N) is 1. The van der Waals surface area contributed by atoms with Crippen molar-refractivity contribution in [3.8, 4) is 11.5 Å². The minimum Gasteiger partial charge on any atom is -0.492 e. The van der Waals surface area contributed by atoms with Crippen molar-refractivity contribution in [3.63, 3.8) is 0 Å². The lowest BCUT2D eigenvalue weighted by molar-refractivity contribution is -0.139. The molecule has 2 aromatic carbocycles. The SMILES string of the molecule is CCOc1ccccc1N.O=C(O)COc1ccc(Cl)cc1Cl. The van der Waals surface area contributed by atoms with E-state index in [4.69, 9.17) is 43.5 Å². The van der Waals surface area contributed by atoms with Gasteiger partial charge in [0.25, 0.3) is 0 Å². The van der Waals surface area contributed by atoms with E-state index in [0.717, 1.165) is 5.75 Å². The standard InChI is InChI=1S/C8H6Cl2O3.C8H11NO/c9-5-1-2-7(6(10)3-5)13-4-8(11)12;1-2-10-8-6-4-3-5-7(8)9/h1-3H,4H2,(H,11,12);3-6H,2,9H2,1H3. The first-order valence-corrected chi connectivity index (χ1v) is 7.46. The van der Waals surface area contributed by atoms with Crippen molar-refractivity contribution >= 4 is 34.9 Å². The fourth-order valence-corrected chi connectivity index (χ4v) is 1.96. The van der Waals surface area contributed by atoms with Crippen LogP contribution >= 0.6 is 23.2 Å². The Labute approximate surface area is 144 Å². The lowest BCUT2D eigenvalue weighted by Crippen LogP contribution is -2.09. The molecule has 7 heteroatoms. The van der Waals surface area contributed by atoms with Gasteiger partial charge in [-0.3, -0.25) is 0 Å². The first-order valence-electron chi connectivity index (χ1n) is 6.71. The van der Waals surface area contributed by atoms with Crippen molar-refractivity contribution in [2.75, 3.05) is 18.9 Å². The molecule has 23 heavy (non-hydrogen) atoms. The van der Waals surface area contributed by atoms with Gasteiger partial charge in [0, 0.05) is 5.02 Å². The highest BCUT2D eigenvalue weighted by molar-refractivity contribution is 6.35. The van der Waals surface area contributed by atoms with Crippen molar-refractivity contribution < 1.29 is 19.4 Å². The minimum absolute atomic E-state index is 0.300. The van der Waals surface area contributed by atoms with Crippen LogP contribution in [0.25, 0.3) is 0 Å². The third-order valence-electron chi connectivity index (χ3n) is 2.46. The summed E-state index contributed by atoms with van der Waals surface area (Å²) in [7, 11) is 0. The highest BCUT2D eigenvalue weighted by Crippen LogP contribution is 2.27. The Morgan fingerprint density at radius 1 is 1.13 bits per heavy atom. The van der Waals surface area contributed by atoms with Crippen LogP contribution in [0.2, 0.25) is 10.0 Å². The van der Waals surface area contributed by atoms with Crippen LogP contribution in [0.3, 0.4) is 0 Å². The molecule has 0 radical (unpaired) electrons. The van der Waals surface area contributed by atoms with E-state index in [9.17, 15) is 4.79 Å².